The molecule has 0 bridgehead atoms. The molecule has 0 saturated carbocycles. The van der Waals surface area contributed by atoms with E-state index in [1.54, 1.807) is 6.07 Å². The largest absolute Gasteiger partial charge is 0.337 e. The molecule has 1 aliphatic rings. The Morgan fingerprint density at radius 3 is 2.95 bits per heavy atom. The van der Waals surface area contributed by atoms with Crippen molar-refractivity contribution in [2.75, 3.05) is 19.6 Å². The highest BCUT2D eigenvalue weighted by Gasteiger charge is 2.26. The van der Waals surface area contributed by atoms with E-state index in [1.165, 1.54) is 6.07 Å². The van der Waals surface area contributed by atoms with Gasteiger partial charge in [-0.25, -0.2) is 9.37 Å². The molecular weight excluding hydrogens is 326 g/mol. The van der Waals surface area contributed by atoms with Gasteiger partial charge < -0.3 is 9.88 Å². The summed E-state index contributed by atoms with van der Waals surface area (Å²) in [6.07, 6.45) is 3.76. The lowest BCUT2D eigenvalue weighted by molar-refractivity contribution is 0.144. The van der Waals surface area contributed by atoms with Crippen LogP contribution in [0, 0.1) is 5.82 Å². The molecule has 2 heterocycles. The zero-order valence-corrected chi connectivity index (χ0v) is 13.9. The Balaban J connectivity index is 0.00000176. The van der Waals surface area contributed by atoms with E-state index in [-0.39, 0.29) is 29.3 Å². The molecule has 0 aliphatic carbocycles. The molecule has 2 aromatic rings. The predicted octanol–water partition coefficient (Wildman–Crippen LogP) is 2.78. The molecule has 120 valence electrons. The van der Waals surface area contributed by atoms with Gasteiger partial charge in [-0.2, -0.15) is 0 Å². The number of hydrogen-bond acceptors (Lipinski definition) is 3. The molecular formula is C15H19Cl2FN4. The summed E-state index contributed by atoms with van der Waals surface area (Å²) in [6.45, 7) is 3.37. The fraction of sp³-hybridized carbons (Fsp3) is 0.400. The van der Waals surface area contributed by atoms with E-state index in [0.717, 1.165) is 31.0 Å². The third kappa shape index (κ3) is 3.60. The van der Waals surface area contributed by atoms with E-state index >= 15 is 0 Å². The number of piperazine rings is 1. The van der Waals surface area contributed by atoms with Crippen molar-refractivity contribution >= 4 is 24.0 Å². The van der Waals surface area contributed by atoms with Crippen molar-refractivity contribution in [3.8, 4) is 0 Å². The summed E-state index contributed by atoms with van der Waals surface area (Å²) in [4.78, 5) is 6.77. The van der Waals surface area contributed by atoms with E-state index in [9.17, 15) is 4.39 Å². The number of benzene rings is 1. The first-order valence-corrected chi connectivity index (χ1v) is 7.39. The Morgan fingerprint density at radius 1 is 1.45 bits per heavy atom. The Kier molecular flexibility index (Phi) is 5.81. The van der Waals surface area contributed by atoms with Crippen molar-refractivity contribution in [1.29, 1.82) is 0 Å². The highest BCUT2D eigenvalue weighted by molar-refractivity contribution is 6.30. The normalized spacial score (nSPS) is 19.0. The average molecular weight is 345 g/mol. The lowest BCUT2D eigenvalue weighted by Gasteiger charge is -2.35. The lowest BCUT2D eigenvalue weighted by atomic mass is 10.1. The zero-order chi connectivity index (χ0) is 14.8. The van der Waals surface area contributed by atoms with Gasteiger partial charge in [0.2, 0.25) is 0 Å². The molecule has 1 fully saturated rings. The van der Waals surface area contributed by atoms with E-state index in [1.807, 2.05) is 30.1 Å². The second kappa shape index (κ2) is 7.42. The van der Waals surface area contributed by atoms with Crippen LogP contribution in [0.5, 0.6) is 0 Å². The van der Waals surface area contributed by atoms with E-state index < -0.39 is 0 Å². The molecule has 4 nitrogen and oxygen atoms in total. The molecule has 3 rings (SSSR count). The Hall–Kier alpha value is -1.14. The van der Waals surface area contributed by atoms with Gasteiger partial charge in [0.25, 0.3) is 0 Å². The number of imidazole rings is 1. The first-order valence-electron chi connectivity index (χ1n) is 7.01. The van der Waals surface area contributed by atoms with Crippen molar-refractivity contribution in [3.63, 3.8) is 0 Å². The van der Waals surface area contributed by atoms with Crippen LogP contribution in [0.1, 0.15) is 17.4 Å². The summed E-state index contributed by atoms with van der Waals surface area (Å²) < 4.78 is 15.6. The van der Waals surface area contributed by atoms with Crippen LogP contribution in [0.15, 0.2) is 30.6 Å². The minimum absolute atomic E-state index is 0. The minimum Gasteiger partial charge on any atom is -0.337 e. The molecule has 22 heavy (non-hydrogen) atoms. The molecule has 1 aromatic carbocycles. The maximum Gasteiger partial charge on any atom is 0.142 e. The number of nitrogens with one attached hydrogen (secondary N) is 1. The Morgan fingerprint density at radius 2 is 2.27 bits per heavy atom. The second-order valence-electron chi connectivity index (χ2n) is 5.34. The summed E-state index contributed by atoms with van der Waals surface area (Å²) in [6, 6.07) is 5.20. The molecule has 0 spiro atoms. The number of rotatable bonds is 3. The molecule has 0 amide bonds. The van der Waals surface area contributed by atoms with Gasteiger partial charge in [-0.15, -0.1) is 12.4 Å². The van der Waals surface area contributed by atoms with Gasteiger partial charge in [0, 0.05) is 45.6 Å². The topological polar surface area (TPSA) is 33.1 Å². The standard InChI is InChI=1S/C15H18ClFN4.ClH/c1-20-6-5-19-15(20)14-9-18-4-7-21(14)10-11-2-3-12(16)13(17)8-11;/h2-3,5-6,8,14,18H,4,7,9-10H2,1H3;1H. The van der Waals surface area contributed by atoms with Crippen molar-refractivity contribution < 1.29 is 4.39 Å². The molecule has 0 radical (unpaired) electrons. The van der Waals surface area contributed by atoms with Crippen molar-refractivity contribution in [3.05, 3.63) is 52.8 Å². The first kappa shape index (κ1) is 17.2. The molecule has 1 saturated heterocycles. The predicted molar refractivity (Wildman–Crippen MR) is 87.9 cm³/mol. The van der Waals surface area contributed by atoms with Crippen molar-refractivity contribution in [2.45, 2.75) is 12.6 Å². The Labute approximate surface area is 140 Å². The van der Waals surface area contributed by atoms with E-state index in [2.05, 4.69) is 15.2 Å². The van der Waals surface area contributed by atoms with Gasteiger partial charge in [-0.05, 0) is 17.7 Å². The fourth-order valence-corrected chi connectivity index (χ4v) is 2.88. The van der Waals surface area contributed by atoms with Gasteiger partial charge in [-0.1, -0.05) is 17.7 Å². The zero-order valence-electron chi connectivity index (χ0n) is 12.3. The number of hydrogen-bond donors (Lipinski definition) is 1. The van der Waals surface area contributed by atoms with Gasteiger partial charge in [0.15, 0.2) is 0 Å². The highest BCUT2D eigenvalue weighted by atomic mass is 35.5. The number of aryl methyl sites for hydroxylation is 1. The maximum atomic E-state index is 13.6. The maximum absolute atomic E-state index is 13.6. The highest BCUT2D eigenvalue weighted by Crippen LogP contribution is 2.24. The van der Waals surface area contributed by atoms with Crippen LogP contribution in [0.2, 0.25) is 5.02 Å². The van der Waals surface area contributed by atoms with Crippen LogP contribution < -0.4 is 5.32 Å². The number of nitrogens with zero attached hydrogens (tertiary/aromatic N) is 3. The van der Waals surface area contributed by atoms with E-state index in [0.29, 0.717) is 6.54 Å². The first-order chi connectivity index (χ1) is 10.1. The summed E-state index contributed by atoms with van der Waals surface area (Å²) in [5.41, 5.74) is 0.929. The van der Waals surface area contributed by atoms with Crippen LogP contribution >= 0.6 is 24.0 Å². The average Bonchev–Trinajstić information content (AvgIpc) is 2.90. The monoisotopic (exact) mass is 344 g/mol. The van der Waals surface area contributed by atoms with Crippen molar-refractivity contribution in [1.82, 2.24) is 19.8 Å². The summed E-state index contributed by atoms with van der Waals surface area (Å²) in [7, 11) is 2.00. The van der Waals surface area contributed by atoms with Crippen molar-refractivity contribution in [2.24, 2.45) is 7.05 Å². The van der Waals surface area contributed by atoms with E-state index in [4.69, 9.17) is 11.6 Å². The SMILES string of the molecule is Cl.Cn1ccnc1C1CNCCN1Cc1ccc(Cl)c(F)c1. The lowest BCUT2D eigenvalue weighted by Crippen LogP contribution is -2.46. The molecule has 1 aromatic heterocycles. The second-order valence-corrected chi connectivity index (χ2v) is 5.74. The third-order valence-corrected chi connectivity index (χ3v) is 4.19. The molecule has 1 unspecified atom stereocenters. The van der Waals surface area contributed by atoms with Gasteiger partial charge >= 0.3 is 0 Å². The molecule has 1 aliphatic heterocycles. The fourth-order valence-electron chi connectivity index (χ4n) is 2.76. The smallest absolute Gasteiger partial charge is 0.142 e. The van der Waals surface area contributed by atoms with Crippen LogP contribution in [-0.2, 0) is 13.6 Å². The quantitative estimate of drug-likeness (QED) is 0.929. The molecule has 1 N–H and O–H groups in total. The molecule has 7 heteroatoms. The third-order valence-electron chi connectivity index (χ3n) is 3.88. The number of halogens is 3. The summed E-state index contributed by atoms with van der Waals surface area (Å²) >= 11 is 5.74. The van der Waals surface area contributed by atoms with Crippen LogP contribution in [0.3, 0.4) is 0 Å². The van der Waals surface area contributed by atoms with Gasteiger partial charge in [0.05, 0.1) is 11.1 Å². The van der Waals surface area contributed by atoms with Gasteiger partial charge in [-0.3, -0.25) is 4.90 Å². The summed E-state index contributed by atoms with van der Waals surface area (Å²) in [5.74, 6) is 0.662. The Bertz CT molecular complexity index is 632. The van der Waals surface area contributed by atoms with Crippen LogP contribution in [0.25, 0.3) is 0 Å². The number of aromatic nitrogens is 2. The molecule has 1 atom stereocenters. The van der Waals surface area contributed by atoms with Crippen LogP contribution in [0.4, 0.5) is 4.39 Å². The summed E-state index contributed by atoms with van der Waals surface area (Å²) in [5, 5.41) is 3.56. The van der Waals surface area contributed by atoms with Crippen LogP contribution in [-0.4, -0.2) is 34.1 Å². The minimum atomic E-state index is -0.363. The van der Waals surface area contributed by atoms with Gasteiger partial charge in [0.1, 0.15) is 11.6 Å².